The Morgan fingerprint density at radius 1 is 1.33 bits per heavy atom. The Kier molecular flexibility index (Phi) is 7.98. The molecule has 1 aliphatic rings. The van der Waals surface area contributed by atoms with Crippen LogP contribution < -0.4 is 15.8 Å². The van der Waals surface area contributed by atoms with Crippen molar-refractivity contribution in [3.05, 3.63) is 0 Å². The van der Waals surface area contributed by atoms with Gasteiger partial charge in [-0.15, -0.1) is 0 Å². The lowest BCUT2D eigenvalue weighted by Gasteiger charge is -2.32. The number of guanidine groups is 1. The zero-order chi connectivity index (χ0) is 15.7. The van der Waals surface area contributed by atoms with E-state index in [1.807, 2.05) is 6.92 Å². The van der Waals surface area contributed by atoms with E-state index in [1.54, 1.807) is 0 Å². The highest BCUT2D eigenvalue weighted by Crippen LogP contribution is 2.10. The molecule has 0 atom stereocenters. The molecule has 1 saturated heterocycles. The monoisotopic (exact) mass is 319 g/mol. The Bertz CT molecular complexity index is 416. The molecule has 8 heteroatoms. The van der Waals surface area contributed by atoms with Crippen LogP contribution >= 0.6 is 0 Å². The van der Waals surface area contributed by atoms with Crippen LogP contribution in [0.25, 0.3) is 0 Å². The van der Waals surface area contributed by atoms with E-state index in [1.165, 1.54) is 6.42 Å². The maximum Gasteiger partial charge on any atom is 0.210 e. The van der Waals surface area contributed by atoms with E-state index in [2.05, 4.69) is 27.4 Å². The summed E-state index contributed by atoms with van der Waals surface area (Å²) in [4.78, 5) is 6.75. The molecule has 1 rings (SSSR count). The molecular formula is C13H29N5O2S. The topological polar surface area (TPSA) is 99.8 Å². The second-order valence-corrected chi connectivity index (χ2v) is 7.12. The molecular weight excluding hydrogens is 290 g/mol. The molecule has 0 amide bonds. The molecule has 0 spiro atoms. The number of sulfonamides is 1. The standard InChI is InChI=1S/C13H29N5O2S/c1-3-8-18-9-5-12(6-10-18)17-13(15-4-2)16-7-11-21(14,19)20/h12H,3-11H2,1-2H3,(H2,14,19,20)(H2,15,16,17). The summed E-state index contributed by atoms with van der Waals surface area (Å²) in [7, 11) is -3.45. The van der Waals surface area contributed by atoms with E-state index >= 15 is 0 Å². The summed E-state index contributed by atoms with van der Waals surface area (Å²) in [6, 6.07) is 0.394. The minimum Gasteiger partial charge on any atom is -0.357 e. The molecule has 0 saturated carbocycles. The number of hydrogen-bond acceptors (Lipinski definition) is 4. The quantitative estimate of drug-likeness (QED) is 0.442. The molecule has 0 unspecified atom stereocenters. The van der Waals surface area contributed by atoms with Gasteiger partial charge in [0, 0.05) is 25.7 Å². The highest BCUT2D eigenvalue weighted by atomic mass is 32.2. The van der Waals surface area contributed by atoms with Crippen LogP contribution in [0.3, 0.4) is 0 Å². The van der Waals surface area contributed by atoms with Gasteiger partial charge in [0.1, 0.15) is 0 Å². The van der Waals surface area contributed by atoms with E-state index in [0.717, 1.165) is 39.0 Å². The lowest BCUT2D eigenvalue weighted by molar-refractivity contribution is 0.206. The molecule has 0 bridgehead atoms. The Balaban J connectivity index is 2.42. The van der Waals surface area contributed by atoms with Gasteiger partial charge in [0.25, 0.3) is 0 Å². The van der Waals surface area contributed by atoms with E-state index < -0.39 is 10.0 Å². The van der Waals surface area contributed by atoms with Crippen LogP contribution in [0.4, 0.5) is 0 Å². The van der Waals surface area contributed by atoms with Crippen molar-refractivity contribution in [2.75, 3.05) is 38.5 Å². The first-order valence-electron chi connectivity index (χ1n) is 7.72. The first kappa shape index (κ1) is 18.2. The summed E-state index contributed by atoms with van der Waals surface area (Å²) in [6.07, 6.45) is 3.36. The van der Waals surface area contributed by atoms with Crippen molar-refractivity contribution >= 4 is 16.0 Å². The molecule has 21 heavy (non-hydrogen) atoms. The fourth-order valence-electron chi connectivity index (χ4n) is 2.42. The first-order chi connectivity index (χ1) is 9.94. The third kappa shape index (κ3) is 8.23. The van der Waals surface area contributed by atoms with Crippen LogP contribution in [0.5, 0.6) is 0 Å². The van der Waals surface area contributed by atoms with Crippen molar-refractivity contribution in [2.45, 2.75) is 39.2 Å². The van der Waals surface area contributed by atoms with Crippen LogP contribution in [-0.4, -0.2) is 63.8 Å². The first-order valence-corrected chi connectivity index (χ1v) is 9.43. The SMILES string of the molecule is CCCN1CCC(NC(=NCCS(N)(=O)=O)NCC)CC1. The molecule has 0 aliphatic carbocycles. The van der Waals surface area contributed by atoms with Gasteiger partial charge >= 0.3 is 0 Å². The summed E-state index contributed by atoms with van der Waals surface area (Å²) in [5, 5.41) is 11.5. The van der Waals surface area contributed by atoms with Gasteiger partial charge < -0.3 is 15.5 Å². The van der Waals surface area contributed by atoms with Crippen molar-refractivity contribution in [3.63, 3.8) is 0 Å². The summed E-state index contributed by atoms with van der Waals surface area (Å²) in [5.74, 6) is 0.550. The number of primary sulfonamides is 1. The molecule has 0 radical (unpaired) electrons. The third-order valence-corrected chi connectivity index (χ3v) is 4.21. The Labute approximate surface area is 128 Å². The lowest BCUT2D eigenvalue weighted by Crippen LogP contribution is -2.48. The van der Waals surface area contributed by atoms with Crippen LogP contribution in [-0.2, 0) is 10.0 Å². The number of nitrogens with zero attached hydrogens (tertiary/aromatic N) is 2. The fraction of sp³-hybridized carbons (Fsp3) is 0.923. The average Bonchev–Trinajstić information content (AvgIpc) is 2.40. The van der Waals surface area contributed by atoms with Crippen LogP contribution in [0.15, 0.2) is 4.99 Å². The Morgan fingerprint density at radius 2 is 2.00 bits per heavy atom. The highest BCUT2D eigenvalue weighted by molar-refractivity contribution is 7.89. The molecule has 1 heterocycles. The Morgan fingerprint density at radius 3 is 2.52 bits per heavy atom. The zero-order valence-corrected chi connectivity index (χ0v) is 14.0. The van der Waals surface area contributed by atoms with Gasteiger partial charge in [-0.1, -0.05) is 6.92 Å². The molecule has 0 aromatic rings. The minimum atomic E-state index is -3.45. The summed E-state index contributed by atoms with van der Waals surface area (Å²) >= 11 is 0. The van der Waals surface area contributed by atoms with Crippen LogP contribution in [0.2, 0.25) is 0 Å². The zero-order valence-electron chi connectivity index (χ0n) is 13.1. The number of rotatable bonds is 7. The molecule has 4 N–H and O–H groups in total. The van der Waals surface area contributed by atoms with Gasteiger partial charge in [-0.05, 0) is 32.7 Å². The molecule has 124 valence electrons. The van der Waals surface area contributed by atoms with Crippen LogP contribution in [0.1, 0.15) is 33.1 Å². The molecule has 0 aromatic carbocycles. The van der Waals surface area contributed by atoms with Gasteiger partial charge in [0.05, 0.1) is 12.3 Å². The fourth-order valence-corrected chi connectivity index (χ4v) is 2.76. The number of nitrogens with one attached hydrogen (secondary N) is 2. The average molecular weight is 319 g/mol. The number of piperidine rings is 1. The largest absolute Gasteiger partial charge is 0.357 e. The molecule has 1 fully saturated rings. The second kappa shape index (κ2) is 9.22. The van der Waals surface area contributed by atoms with Gasteiger partial charge in [-0.3, -0.25) is 4.99 Å². The maximum atomic E-state index is 10.9. The summed E-state index contributed by atoms with van der Waals surface area (Å²) in [5.41, 5.74) is 0. The van der Waals surface area contributed by atoms with Crippen molar-refractivity contribution in [2.24, 2.45) is 10.1 Å². The number of hydrogen-bond donors (Lipinski definition) is 3. The molecule has 0 aromatic heterocycles. The third-order valence-electron chi connectivity index (χ3n) is 3.46. The lowest BCUT2D eigenvalue weighted by atomic mass is 10.1. The van der Waals surface area contributed by atoms with E-state index in [0.29, 0.717) is 12.0 Å². The number of aliphatic imine (C=N–C) groups is 1. The highest BCUT2D eigenvalue weighted by Gasteiger charge is 2.19. The van der Waals surface area contributed by atoms with Crippen molar-refractivity contribution < 1.29 is 8.42 Å². The minimum absolute atomic E-state index is 0.126. The van der Waals surface area contributed by atoms with E-state index in [-0.39, 0.29) is 12.3 Å². The van der Waals surface area contributed by atoms with E-state index in [9.17, 15) is 8.42 Å². The Hall–Kier alpha value is -0.860. The number of nitrogens with two attached hydrogens (primary N) is 1. The predicted molar refractivity (Wildman–Crippen MR) is 86.8 cm³/mol. The van der Waals surface area contributed by atoms with Gasteiger partial charge in [-0.25, -0.2) is 13.6 Å². The van der Waals surface area contributed by atoms with Crippen molar-refractivity contribution in [1.29, 1.82) is 0 Å². The summed E-state index contributed by atoms with van der Waals surface area (Å²) < 4.78 is 21.8. The second-order valence-electron chi connectivity index (χ2n) is 5.39. The molecule has 1 aliphatic heterocycles. The van der Waals surface area contributed by atoms with Crippen molar-refractivity contribution in [1.82, 2.24) is 15.5 Å². The van der Waals surface area contributed by atoms with Gasteiger partial charge in [0.15, 0.2) is 5.96 Å². The smallest absolute Gasteiger partial charge is 0.210 e. The summed E-state index contributed by atoms with van der Waals surface area (Å²) in [6.45, 7) is 8.48. The van der Waals surface area contributed by atoms with E-state index in [4.69, 9.17) is 5.14 Å². The van der Waals surface area contributed by atoms with Gasteiger partial charge in [0.2, 0.25) is 10.0 Å². The maximum absolute atomic E-state index is 10.9. The number of likely N-dealkylation sites (tertiary alicyclic amines) is 1. The molecule has 7 nitrogen and oxygen atoms in total. The van der Waals surface area contributed by atoms with Gasteiger partial charge in [-0.2, -0.15) is 0 Å². The van der Waals surface area contributed by atoms with Crippen LogP contribution in [0, 0.1) is 0 Å². The van der Waals surface area contributed by atoms with Crippen molar-refractivity contribution in [3.8, 4) is 0 Å². The normalized spacial score (nSPS) is 18.7. The predicted octanol–water partition coefficient (Wildman–Crippen LogP) is -0.296.